The molecule has 1 fully saturated rings. The number of nitrogens with zero attached hydrogens (tertiary/aromatic N) is 4. The van der Waals surface area contributed by atoms with Crippen molar-refractivity contribution < 1.29 is 13.3 Å². The molecule has 0 bridgehead atoms. The molecule has 0 amide bonds. The fourth-order valence-corrected chi connectivity index (χ4v) is 6.42. The molecule has 4 rings (SSSR count). The van der Waals surface area contributed by atoms with Crippen LogP contribution in [-0.2, 0) is 10.0 Å². The van der Waals surface area contributed by atoms with Crippen molar-refractivity contribution in [2.75, 3.05) is 31.1 Å². The predicted octanol–water partition coefficient (Wildman–Crippen LogP) is 2.78. The molecular weight excluding hydrogens is 396 g/mol. The normalized spacial score (nSPS) is 16.2. The van der Waals surface area contributed by atoms with Gasteiger partial charge < -0.3 is 4.90 Å². The van der Waals surface area contributed by atoms with Gasteiger partial charge in [0.25, 0.3) is 15.7 Å². The van der Waals surface area contributed by atoms with E-state index in [1.807, 2.05) is 4.90 Å². The first-order valence-electron chi connectivity index (χ1n) is 7.79. The van der Waals surface area contributed by atoms with Crippen LogP contribution in [0.4, 0.5) is 10.8 Å². The Morgan fingerprint density at radius 2 is 1.92 bits per heavy atom. The van der Waals surface area contributed by atoms with Crippen molar-refractivity contribution in [3.8, 4) is 0 Å². The van der Waals surface area contributed by atoms with E-state index >= 15 is 0 Å². The highest BCUT2D eigenvalue weighted by Gasteiger charge is 2.30. The van der Waals surface area contributed by atoms with Gasteiger partial charge in [-0.15, -0.1) is 11.3 Å². The molecule has 0 N–H and O–H groups in total. The van der Waals surface area contributed by atoms with Crippen LogP contribution in [0.3, 0.4) is 0 Å². The van der Waals surface area contributed by atoms with Crippen molar-refractivity contribution in [2.45, 2.75) is 4.21 Å². The van der Waals surface area contributed by atoms with Crippen LogP contribution < -0.4 is 4.90 Å². The smallest absolute Gasteiger partial charge is 0.270 e. The van der Waals surface area contributed by atoms with Gasteiger partial charge in [0.2, 0.25) is 0 Å². The first kappa shape index (κ1) is 17.3. The van der Waals surface area contributed by atoms with Gasteiger partial charge in [0, 0.05) is 38.3 Å². The number of nitro benzene ring substituents is 1. The Balaban J connectivity index is 1.51. The van der Waals surface area contributed by atoms with Gasteiger partial charge >= 0.3 is 0 Å². The van der Waals surface area contributed by atoms with Crippen molar-refractivity contribution in [3.63, 3.8) is 0 Å². The van der Waals surface area contributed by atoms with Gasteiger partial charge in [0.1, 0.15) is 4.21 Å². The topological polar surface area (TPSA) is 96.7 Å². The third kappa shape index (κ3) is 3.07. The van der Waals surface area contributed by atoms with Gasteiger partial charge in [-0.05, 0) is 17.5 Å². The maximum atomic E-state index is 12.6. The molecule has 0 radical (unpaired) electrons. The Bertz CT molecular complexity index is 1050. The molecule has 0 saturated carbocycles. The number of hydrogen-bond donors (Lipinski definition) is 0. The van der Waals surface area contributed by atoms with E-state index < -0.39 is 14.9 Å². The van der Waals surface area contributed by atoms with Crippen LogP contribution in [0.1, 0.15) is 0 Å². The minimum atomic E-state index is -3.43. The van der Waals surface area contributed by atoms with E-state index in [-0.39, 0.29) is 5.69 Å². The van der Waals surface area contributed by atoms with E-state index in [0.29, 0.717) is 35.9 Å². The third-order valence-corrected chi connectivity index (χ3v) is 8.52. The highest BCUT2D eigenvalue weighted by atomic mass is 32.2. The summed E-state index contributed by atoms with van der Waals surface area (Å²) in [6.07, 6.45) is 0. The molecule has 2 aromatic heterocycles. The molecule has 136 valence electrons. The molecule has 0 atom stereocenters. The second kappa shape index (κ2) is 6.58. The van der Waals surface area contributed by atoms with E-state index in [2.05, 4.69) is 4.98 Å². The summed E-state index contributed by atoms with van der Waals surface area (Å²) in [4.78, 5) is 17.0. The largest absolute Gasteiger partial charge is 0.345 e. The number of aromatic nitrogens is 1. The number of sulfonamides is 1. The zero-order valence-corrected chi connectivity index (χ0v) is 15.9. The number of benzene rings is 1. The van der Waals surface area contributed by atoms with Gasteiger partial charge in [0.05, 0.1) is 15.1 Å². The van der Waals surface area contributed by atoms with Gasteiger partial charge in [-0.3, -0.25) is 10.1 Å². The van der Waals surface area contributed by atoms with Gasteiger partial charge in [-0.1, -0.05) is 17.4 Å². The molecular formula is C15H14N4O4S3. The van der Waals surface area contributed by atoms with Crippen molar-refractivity contribution in [1.29, 1.82) is 0 Å². The predicted molar refractivity (Wildman–Crippen MR) is 102 cm³/mol. The summed E-state index contributed by atoms with van der Waals surface area (Å²) in [5, 5.41) is 13.4. The number of rotatable bonds is 4. The minimum absolute atomic E-state index is 0.0413. The first-order valence-corrected chi connectivity index (χ1v) is 10.9. The lowest BCUT2D eigenvalue weighted by Gasteiger charge is -2.33. The summed E-state index contributed by atoms with van der Waals surface area (Å²) >= 11 is 2.61. The molecule has 26 heavy (non-hydrogen) atoms. The molecule has 0 aliphatic carbocycles. The summed E-state index contributed by atoms with van der Waals surface area (Å²) in [6.45, 7) is 1.84. The highest BCUT2D eigenvalue weighted by Crippen LogP contribution is 2.32. The van der Waals surface area contributed by atoms with Crippen molar-refractivity contribution in [1.82, 2.24) is 9.29 Å². The van der Waals surface area contributed by atoms with Crippen LogP contribution in [0.5, 0.6) is 0 Å². The molecule has 1 aliphatic rings. The SMILES string of the molecule is O=[N+]([O-])c1ccc2nc(N3CCN(S(=O)(=O)c4cccs4)CC3)sc2c1. The number of anilines is 1. The fourth-order valence-electron chi connectivity index (χ4n) is 2.81. The maximum Gasteiger partial charge on any atom is 0.270 e. The fraction of sp³-hybridized carbons (Fsp3) is 0.267. The zero-order chi connectivity index (χ0) is 18.3. The van der Waals surface area contributed by atoms with Gasteiger partial charge in [-0.25, -0.2) is 13.4 Å². The Kier molecular flexibility index (Phi) is 4.39. The lowest BCUT2D eigenvalue weighted by molar-refractivity contribution is -0.384. The Morgan fingerprint density at radius 1 is 1.15 bits per heavy atom. The number of thiazole rings is 1. The summed E-state index contributed by atoms with van der Waals surface area (Å²) in [7, 11) is -3.43. The van der Waals surface area contributed by atoms with Crippen LogP contribution in [0.15, 0.2) is 39.9 Å². The van der Waals surface area contributed by atoms with Crippen LogP contribution >= 0.6 is 22.7 Å². The maximum absolute atomic E-state index is 12.6. The summed E-state index contributed by atoms with van der Waals surface area (Å²) in [5.41, 5.74) is 0.754. The summed E-state index contributed by atoms with van der Waals surface area (Å²) < 4.78 is 27.8. The van der Waals surface area contributed by atoms with E-state index in [0.717, 1.165) is 9.83 Å². The molecule has 1 saturated heterocycles. The van der Waals surface area contributed by atoms with E-state index in [1.165, 1.54) is 39.1 Å². The number of thiophene rings is 1. The van der Waals surface area contributed by atoms with Crippen molar-refractivity contribution in [3.05, 3.63) is 45.8 Å². The van der Waals surface area contributed by atoms with Crippen LogP contribution in [0.2, 0.25) is 0 Å². The molecule has 1 aliphatic heterocycles. The highest BCUT2D eigenvalue weighted by molar-refractivity contribution is 7.91. The standard InChI is InChI=1S/C15H14N4O4S3/c20-19(21)11-3-4-12-13(10-11)25-15(16-12)17-5-7-18(8-6-17)26(22,23)14-2-1-9-24-14/h1-4,9-10H,5-8H2. The van der Waals surface area contributed by atoms with Gasteiger partial charge in [0.15, 0.2) is 5.13 Å². The van der Waals surface area contributed by atoms with Gasteiger partial charge in [-0.2, -0.15) is 4.31 Å². The molecule has 0 unspecified atom stereocenters. The third-order valence-electron chi connectivity index (χ3n) is 4.17. The Morgan fingerprint density at radius 3 is 2.58 bits per heavy atom. The average Bonchev–Trinajstić information content (AvgIpc) is 3.31. The van der Waals surface area contributed by atoms with E-state index in [4.69, 9.17) is 0 Å². The first-order chi connectivity index (χ1) is 12.4. The number of fused-ring (bicyclic) bond motifs is 1. The molecule has 3 heterocycles. The lowest BCUT2D eigenvalue weighted by atomic mass is 10.3. The number of non-ortho nitro benzene ring substituents is 1. The zero-order valence-electron chi connectivity index (χ0n) is 13.4. The Hall–Kier alpha value is -2.08. The van der Waals surface area contributed by atoms with Crippen LogP contribution in [0, 0.1) is 10.1 Å². The number of nitro groups is 1. The molecule has 8 nitrogen and oxygen atoms in total. The van der Waals surface area contributed by atoms with Crippen molar-refractivity contribution >= 4 is 53.7 Å². The molecule has 3 aromatic rings. The second-order valence-electron chi connectivity index (χ2n) is 5.73. The second-order valence-corrected chi connectivity index (χ2v) is 9.85. The summed E-state index contributed by atoms with van der Waals surface area (Å²) in [5.74, 6) is 0. The van der Waals surface area contributed by atoms with E-state index in [9.17, 15) is 18.5 Å². The average molecular weight is 411 g/mol. The monoisotopic (exact) mass is 410 g/mol. The van der Waals surface area contributed by atoms with Crippen LogP contribution in [0.25, 0.3) is 10.2 Å². The minimum Gasteiger partial charge on any atom is -0.345 e. The summed E-state index contributed by atoms with van der Waals surface area (Å²) in [6, 6.07) is 7.96. The van der Waals surface area contributed by atoms with Crippen LogP contribution in [-0.4, -0.2) is 48.8 Å². The molecule has 1 aromatic carbocycles. The quantitative estimate of drug-likeness (QED) is 0.485. The Labute approximate surface area is 157 Å². The van der Waals surface area contributed by atoms with Crippen molar-refractivity contribution in [2.24, 2.45) is 0 Å². The number of piperazine rings is 1. The number of hydrogen-bond acceptors (Lipinski definition) is 8. The molecule has 11 heteroatoms. The molecule has 0 spiro atoms. The van der Waals surface area contributed by atoms with E-state index in [1.54, 1.807) is 23.6 Å². The lowest BCUT2D eigenvalue weighted by Crippen LogP contribution is -2.48.